The highest BCUT2D eigenvalue weighted by Crippen LogP contribution is 3.33. The Morgan fingerprint density at radius 2 is 0.870 bits per heavy atom. The quantitative estimate of drug-likeness (QED) is 0.196. The van der Waals surface area contributed by atoms with Crippen molar-refractivity contribution in [2.75, 3.05) is 0 Å². The van der Waals surface area contributed by atoms with E-state index in [0.717, 1.165) is 7.96 Å². The smallest absolute Gasteiger partial charge is 0.00517 e. The van der Waals surface area contributed by atoms with Crippen LogP contribution < -0.4 is 0 Å². The molecule has 0 heterocycles. The molecule has 0 aliphatic rings. The summed E-state index contributed by atoms with van der Waals surface area (Å²) in [7, 11) is 41.6. The normalized spacial score (nSPS) is 19.0. The molecule has 23 heavy (non-hydrogen) atoms. The molecule has 0 radical (unpaired) electrons. The van der Waals surface area contributed by atoms with Crippen LogP contribution in [0.1, 0.15) is 0 Å². The summed E-state index contributed by atoms with van der Waals surface area (Å²) < 4.78 is 0. The summed E-state index contributed by atoms with van der Waals surface area (Å²) in [6, 6.07) is 0. The minimum Gasteiger partial charge on any atom is -0.553 e. The van der Waals surface area contributed by atoms with Crippen molar-refractivity contribution in [2.24, 2.45) is 0 Å². The van der Waals surface area contributed by atoms with Gasteiger partial charge in [0, 0.05) is 0 Å². The van der Waals surface area contributed by atoms with Crippen LogP contribution in [0, 0.1) is 0 Å². The van der Waals surface area contributed by atoms with Gasteiger partial charge in [-0.3, -0.25) is 7.96 Å². The second-order valence-electron chi connectivity index (χ2n) is 3.36. The van der Waals surface area contributed by atoms with Gasteiger partial charge in [0.15, 0.2) is 0 Å². The molecule has 140 valence electrons. The summed E-state index contributed by atoms with van der Waals surface area (Å²) in [6.07, 6.45) is 0. The van der Waals surface area contributed by atoms with Crippen molar-refractivity contribution in [1.82, 2.24) is 0 Å². The third-order valence-electron chi connectivity index (χ3n) is 1.79. The average molecular weight is 735 g/mol. The molecule has 0 aliphatic heterocycles. The van der Waals surface area contributed by atoms with E-state index in [2.05, 4.69) is 107 Å². The van der Waals surface area contributed by atoms with Crippen molar-refractivity contribution in [1.29, 1.82) is 0 Å². The van der Waals surface area contributed by atoms with Crippen molar-refractivity contribution < 1.29 is 0 Å². The molecule has 0 rings (SSSR count). The van der Waals surface area contributed by atoms with Gasteiger partial charge in [-0.25, -0.2) is 0 Å². The highest BCUT2D eigenvalue weighted by Gasteiger charge is 2.41. The molecule has 0 saturated heterocycles. The maximum absolute atomic E-state index is 4.06. The van der Waals surface area contributed by atoms with E-state index >= 15 is 0 Å². The van der Waals surface area contributed by atoms with Crippen molar-refractivity contribution in [3.05, 3.63) is 0 Å². The first-order valence-corrected chi connectivity index (χ1v) is 45.4. The largest absolute Gasteiger partial charge is 0.553 e. The molecule has 0 saturated carbocycles. The Hall–Kier alpha value is 9.89. The van der Waals surface area contributed by atoms with Gasteiger partial charge in [0.25, 0.3) is 0 Å². The van der Waals surface area contributed by atoms with Crippen LogP contribution in [-0.2, 0) is 0 Å². The number of hydrogen-bond acceptors (Lipinski definition) is 0. The Kier molecular flexibility index (Phi) is 26.0. The molecule has 14 unspecified atom stereocenters. The van der Waals surface area contributed by atoms with Gasteiger partial charge < -0.3 is 33.8 Å². The van der Waals surface area contributed by atoms with Crippen LogP contribution >= 0.6 is 185 Å². The SMILES string of the molecule is [PH-]PP(P)P(P(P)P)P(P(P([PH-])[PH-])P(P)P)P(P(P)P)P(P)P. The first-order valence-electron chi connectivity index (χ1n) is 5.04. The molecule has 0 aromatic carbocycles. The summed E-state index contributed by atoms with van der Waals surface area (Å²) in [5.74, 6) is 0. The van der Waals surface area contributed by atoms with Crippen molar-refractivity contribution in [3.63, 3.8) is 0 Å². The van der Waals surface area contributed by atoms with E-state index in [-0.39, 0.29) is 69.9 Å². The third kappa shape index (κ3) is 12.4. The van der Waals surface area contributed by atoms with Gasteiger partial charge >= 0.3 is 0 Å². The van der Waals surface area contributed by atoms with Gasteiger partial charge in [0.2, 0.25) is 0 Å². The molecule has 14 atom stereocenters. The van der Waals surface area contributed by atoms with Crippen molar-refractivity contribution >= 4 is 185 Å². The van der Waals surface area contributed by atoms with Gasteiger partial charge in [0.1, 0.15) is 0 Å². The summed E-state index contributed by atoms with van der Waals surface area (Å²) in [4.78, 5) is 0. The highest BCUT2D eigenvalue weighted by molar-refractivity contribution is 9.39. The molecule has 0 spiro atoms. The van der Waals surface area contributed by atoms with E-state index in [1.807, 2.05) is 0 Å². The molecular weight excluding hydrogens is 712 g/mol. The van der Waals surface area contributed by atoms with E-state index in [4.69, 9.17) is 0 Å². The summed E-state index contributed by atoms with van der Waals surface area (Å²) in [6.45, 7) is -0.121. The Labute approximate surface area is 183 Å². The zero-order chi connectivity index (χ0) is 18.5. The molecule has 23 heteroatoms. The van der Waals surface area contributed by atoms with Gasteiger partial charge in [-0.05, 0) is 48.9 Å². The van der Waals surface area contributed by atoms with Gasteiger partial charge in [-0.15, -0.1) is 80.4 Å². The molecule has 0 bridgehead atoms. The monoisotopic (exact) mass is 735 g/mol. The lowest BCUT2D eigenvalue weighted by atomic mass is 28.5. The van der Waals surface area contributed by atoms with Crippen LogP contribution in [0.25, 0.3) is 0 Å². The maximum Gasteiger partial charge on any atom is -0.00517 e. The highest BCUT2D eigenvalue weighted by atomic mass is 33.4. The molecule has 0 amide bonds. The second-order valence-corrected chi connectivity index (χ2v) is 90.8. The maximum atomic E-state index is 4.06. The summed E-state index contributed by atoms with van der Waals surface area (Å²) >= 11 is 0. The lowest BCUT2D eigenvalue weighted by molar-refractivity contribution is 4.47. The minimum atomic E-state index is -0.224. The fraction of sp³-hybridized carbons (Fsp3) is 0. The molecule has 0 nitrogen and oxygen atoms in total. The summed E-state index contributed by atoms with van der Waals surface area (Å²) in [5.41, 5.74) is 0. The lowest BCUT2D eigenvalue weighted by Gasteiger charge is -2.54. The van der Waals surface area contributed by atoms with Gasteiger partial charge in [-0.1, -0.05) is 14.0 Å². The van der Waals surface area contributed by atoms with E-state index < -0.39 is 0 Å². The van der Waals surface area contributed by atoms with Gasteiger partial charge in [-0.2, -0.15) is 0 Å². The van der Waals surface area contributed by atoms with Crippen LogP contribution in [0.4, 0.5) is 0 Å². The Bertz CT molecular complexity index is 261. The van der Waals surface area contributed by atoms with Gasteiger partial charge in [0.05, 0.1) is 0 Å². The predicted molar refractivity (Wildman–Crippen MR) is 190 cm³/mol. The average Bonchev–Trinajstić information content (AvgIpc) is 2.36. The zero-order valence-electron chi connectivity index (χ0n) is 11.7. The van der Waals surface area contributed by atoms with Crippen LogP contribution in [0.2, 0.25) is 0 Å². The Balaban J connectivity index is 6.12. The summed E-state index contributed by atoms with van der Waals surface area (Å²) in [5, 5.41) is 0. The van der Waals surface area contributed by atoms with Crippen LogP contribution in [0.3, 0.4) is 0 Å². The van der Waals surface area contributed by atoms with Crippen LogP contribution in [0.15, 0.2) is 0 Å². The van der Waals surface area contributed by atoms with E-state index in [0.29, 0.717) is 0 Å². The molecule has 0 aromatic rings. The predicted octanol–water partition coefficient (Wildman–Crippen LogP) is 13.9. The standard InChI is InChI=1S/H22P23/c1-13-19(12)22(18(10)11)23(20(14(2)3)15(4)5)21(16(6)7)17(8)9/h1-3,13H,4-12H2/q-3. The Morgan fingerprint density at radius 3 is 1.09 bits per heavy atom. The van der Waals surface area contributed by atoms with E-state index in [1.165, 1.54) is 0 Å². The van der Waals surface area contributed by atoms with Crippen molar-refractivity contribution in [3.8, 4) is 0 Å². The van der Waals surface area contributed by atoms with E-state index in [1.54, 1.807) is 0 Å². The molecule has 0 aliphatic carbocycles. The van der Waals surface area contributed by atoms with Crippen molar-refractivity contribution in [2.45, 2.75) is 0 Å². The third-order valence-corrected chi connectivity index (χ3v) is 145. The fourth-order valence-corrected chi connectivity index (χ4v) is 274. The second kappa shape index (κ2) is 18.2. The van der Waals surface area contributed by atoms with Crippen LogP contribution in [-0.4, -0.2) is 0 Å². The van der Waals surface area contributed by atoms with Crippen LogP contribution in [0.5, 0.6) is 0 Å². The number of rotatable bonds is 10. The molecular formula is H22P23-3. The molecule has 0 N–H and O–H groups in total. The fourth-order valence-electron chi connectivity index (χ4n) is 1.13. The molecule has 0 aromatic heterocycles. The first kappa shape index (κ1) is 32.9. The lowest BCUT2D eigenvalue weighted by Crippen LogP contribution is -1.59. The topological polar surface area (TPSA) is 0 Å². The van der Waals surface area contributed by atoms with E-state index in [9.17, 15) is 0 Å². The molecule has 0 fully saturated rings. The minimum absolute atomic E-state index is 0.00313. The zero-order valence-corrected chi connectivity index (χ0v) is 35.0. The first-order chi connectivity index (χ1) is 10.5. The number of hydrogen-bond donors (Lipinski definition) is 0. The Morgan fingerprint density at radius 1 is 0.522 bits per heavy atom.